The van der Waals surface area contributed by atoms with Gasteiger partial charge in [0.25, 0.3) is 5.91 Å². The number of aromatic nitrogens is 1. The lowest BCUT2D eigenvalue weighted by atomic mass is 10.0. The van der Waals surface area contributed by atoms with Crippen LogP contribution in [-0.4, -0.2) is 10.9 Å². The van der Waals surface area contributed by atoms with E-state index < -0.39 is 0 Å². The molecular weight excluding hydrogens is 308 g/mol. The number of carbonyl (C=O) groups excluding carboxylic acids is 1. The molecule has 0 radical (unpaired) electrons. The number of nitrogens with one attached hydrogen (secondary N) is 1. The molecule has 3 rings (SSSR count). The average Bonchev–Trinajstić information content (AvgIpc) is 2.63. The average molecular weight is 326 g/mol. The van der Waals surface area contributed by atoms with Gasteiger partial charge in [-0.2, -0.15) is 0 Å². The van der Waals surface area contributed by atoms with Gasteiger partial charge in [-0.15, -0.1) is 0 Å². The number of carbonyl (C=O) groups is 1. The Kier molecular flexibility index (Phi) is 4.92. The third-order valence-corrected chi connectivity index (χ3v) is 3.76. The van der Waals surface area contributed by atoms with Gasteiger partial charge in [-0.3, -0.25) is 4.79 Å². The summed E-state index contributed by atoms with van der Waals surface area (Å²) in [5.74, 6) is 5.97. The summed E-state index contributed by atoms with van der Waals surface area (Å²) in [6.45, 7) is 3.91. The van der Waals surface area contributed by atoms with E-state index >= 15 is 0 Å². The number of nitrogens with zero attached hydrogens (tertiary/aromatic N) is 1. The zero-order chi connectivity index (χ0) is 17.6. The fourth-order valence-corrected chi connectivity index (χ4v) is 2.43. The molecule has 0 aliphatic heterocycles. The molecule has 3 aromatic rings. The molecule has 0 aliphatic carbocycles. The topological polar surface area (TPSA) is 42.0 Å². The minimum absolute atomic E-state index is 0.115. The Balaban J connectivity index is 1.79. The first-order chi connectivity index (χ1) is 12.1. The third-order valence-electron chi connectivity index (χ3n) is 3.76. The van der Waals surface area contributed by atoms with Crippen LogP contribution in [0.4, 0.5) is 5.69 Å². The van der Waals surface area contributed by atoms with Crippen molar-refractivity contribution < 1.29 is 4.79 Å². The summed E-state index contributed by atoms with van der Waals surface area (Å²) in [6.07, 6.45) is 1.71. The van der Waals surface area contributed by atoms with Gasteiger partial charge in [0.1, 0.15) is 5.69 Å². The fraction of sp³-hybridized carbons (Fsp3) is 0.0909. The highest BCUT2D eigenvalue weighted by Crippen LogP contribution is 2.15. The van der Waals surface area contributed by atoms with Gasteiger partial charge in [0.05, 0.1) is 0 Å². The smallest absolute Gasteiger partial charge is 0.255 e. The summed E-state index contributed by atoms with van der Waals surface area (Å²) in [7, 11) is 0. The number of pyridine rings is 1. The Morgan fingerprint density at radius 3 is 2.64 bits per heavy atom. The molecule has 0 aliphatic rings. The first-order valence-corrected chi connectivity index (χ1v) is 8.03. The van der Waals surface area contributed by atoms with Crippen LogP contribution in [0.2, 0.25) is 0 Å². The summed E-state index contributed by atoms with van der Waals surface area (Å²) < 4.78 is 0. The van der Waals surface area contributed by atoms with Gasteiger partial charge in [0, 0.05) is 23.0 Å². The predicted octanol–water partition coefficient (Wildman–Crippen LogP) is 4.35. The molecule has 0 fully saturated rings. The molecular formula is C22H18N2O. The minimum Gasteiger partial charge on any atom is -0.322 e. The second-order valence-electron chi connectivity index (χ2n) is 5.82. The largest absolute Gasteiger partial charge is 0.322 e. The highest BCUT2D eigenvalue weighted by Gasteiger charge is 2.09. The van der Waals surface area contributed by atoms with Gasteiger partial charge in [-0.25, -0.2) is 4.98 Å². The lowest BCUT2D eigenvalue weighted by molar-refractivity contribution is 0.102. The monoisotopic (exact) mass is 326 g/mol. The van der Waals surface area contributed by atoms with E-state index in [4.69, 9.17) is 0 Å². The molecule has 0 bridgehead atoms. The van der Waals surface area contributed by atoms with Crippen LogP contribution in [0.25, 0.3) is 0 Å². The van der Waals surface area contributed by atoms with Crippen molar-refractivity contribution in [1.82, 2.24) is 4.98 Å². The minimum atomic E-state index is -0.115. The predicted molar refractivity (Wildman–Crippen MR) is 101 cm³/mol. The molecule has 0 unspecified atom stereocenters. The van der Waals surface area contributed by atoms with Crippen molar-refractivity contribution in [2.45, 2.75) is 13.8 Å². The highest BCUT2D eigenvalue weighted by molar-refractivity contribution is 6.05. The summed E-state index contributed by atoms with van der Waals surface area (Å²) in [5, 5.41) is 2.94. The molecule has 0 atom stereocenters. The van der Waals surface area contributed by atoms with Crippen LogP contribution in [0.3, 0.4) is 0 Å². The normalized spacial score (nSPS) is 9.84. The van der Waals surface area contributed by atoms with Crippen LogP contribution in [0.1, 0.15) is 32.7 Å². The maximum atomic E-state index is 12.5. The number of benzene rings is 2. The third kappa shape index (κ3) is 4.33. The molecule has 3 nitrogen and oxygen atoms in total. The van der Waals surface area contributed by atoms with Crippen molar-refractivity contribution in [2.75, 3.05) is 5.32 Å². The lowest BCUT2D eigenvalue weighted by Crippen LogP contribution is -2.13. The second kappa shape index (κ2) is 7.46. The van der Waals surface area contributed by atoms with Crippen LogP contribution in [0.5, 0.6) is 0 Å². The number of rotatable bonds is 2. The van der Waals surface area contributed by atoms with Crippen LogP contribution in [-0.2, 0) is 0 Å². The van der Waals surface area contributed by atoms with Crippen molar-refractivity contribution >= 4 is 11.6 Å². The molecule has 2 aromatic carbocycles. The molecule has 0 saturated carbocycles. The molecule has 0 saturated heterocycles. The summed E-state index contributed by atoms with van der Waals surface area (Å²) in [4.78, 5) is 16.7. The van der Waals surface area contributed by atoms with E-state index in [1.807, 2.05) is 74.5 Å². The standard InChI is InChI=1S/C22H18N2O/c1-16-9-10-17(2)21(14-16)22(25)24-20-8-5-6-18(15-20)11-12-19-7-3-4-13-23-19/h3-10,13-15H,1-2H3,(H,24,25). The van der Waals surface area contributed by atoms with E-state index in [-0.39, 0.29) is 5.91 Å². The first kappa shape index (κ1) is 16.5. The van der Waals surface area contributed by atoms with Gasteiger partial charge in [0.15, 0.2) is 0 Å². The Morgan fingerprint density at radius 2 is 1.84 bits per heavy atom. The van der Waals surface area contributed by atoms with E-state index in [9.17, 15) is 4.79 Å². The quantitative estimate of drug-likeness (QED) is 0.711. The number of amides is 1. The first-order valence-electron chi connectivity index (χ1n) is 8.03. The van der Waals surface area contributed by atoms with Crippen molar-refractivity contribution in [1.29, 1.82) is 0 Å². The van der Waals surface area contributed by atoms with E-state index in [0.29, 0.717) is 11.3 Å². The van der Waals surface area contributed by atoms with Crippen LogP contribution < -0.4 is 5.32 Å². The Hall–Kier alpha value is -3.38. The molecule has 3 heteroatoms. The molecule has 1 heterocycles. The maximum absolute atomic E-state index is 12.5. The van der Waals surface area contributed by atoms with Crippen molar-refractivity contribution in [3.8, 4) is 11.8 Å². The maximum Gasteiger partial charge on any atom is 0.255 e. The Labute approximate surface area is 147 Å². The highest BCUT2D eigenvalue weighted by atomic mass is 16.1. The van der Waals surface area contributed by atoms with E-state index in [1.54, 1.807) is 6.20 Å². The number of hydrogen-bond donors (Lipinski definition) is 1. The Morgan fingerprint density at radius 1 is 0.960 bits per heavy atom. The number of anilines is 1. The summed E-state index contributed by atoms with van der Waals surface area (Å²) in [5.41, 5.74) is 4.96. The number of aryl methyl sites for hydroxylation is 2. The SMILES string of the molecule is Cc1ccc(C)c(C(=O)Nc2cccc(C#Cc3ccccn3)c2)c1. The molecule has 0 spiro atoms. The zero-order valence-corrected chi connectivity index (χ0v) is 14.2. The van der Waals surface area contributed by atoms with Gasteiger partial charge >= 0.3 is 0 Å². The van der Waals surface area contributed by atoms with Gasteiger partial charge < -0.3 is 5.32 Å². The molecule has 25 heavy (non-hydrogen) atoms. The molecule has 1 aromatic heterocycles. The van der Waals surface area contributed by atoms with Crippen LogP contribution in [0, 0.1) is 25.7 Å². The summed E-state index contributed by atoms with van der Waals surface area (Å²) >= 11 is 0. The summed E-state index contributed by atoms with van der Waals surface area (Å²) in [6, 6.07) is 19.0. The number of hydrogen-bond acceptors (Lipinski definition) is 2. The molecule has 1 N–H and O–H groups in total. The lowest BCUT2D eigenvalue weighted by Gasteiger charge is -2.09. The van der Waals surface area contributed by atoms with Crippen molar-refractivity contribution in [3.05, 3.63) is 94.8 Å². The van der Waals surface area contributed by atoms with Gasteiger partial charge in [-0.1, -0.05) is 35.7 Å². The molecule has 122 valence electrons. The van der Waals surface area contributed by atoms with Gasteiger partial charge in [-0.05, 0) is 61.7 Å². The van der Waals surface area contributed by atoms with E-state index in [1.165, 1.54) is 0 Å². The van der Waals surface area contributed by atoms with Crippen molar-refractivity contribution in [2.24, 2.45) is 0 Å². The molecule has 1 amide bonds. The van der Waals surface area contributed by atoms with Crippen LogP contribution in [0.15, 0.2) is 66.9 Å². The van der Waals surface area contributed by atoms with Crippen molar-refractivity contribution in [3.63, 3.8) is 0 Å². The van der Waals surface area contributed by atoms with E-state index in [0.717, 1.165) is 22.4 Å². The Bertz CT molecular complexity index is 966. The van der Waals surface area contributed by atoms with Crippen LogP contribution >= 0.6 is 0 Å². The second-order valence-corrected chi connectivity index (χ2v) is 5.82. The zero-order valence-electron chi connectivity index (χ0n) is 14.2. The van der Waals surface area contributed by atoms with E-state index in [2.05, 4.69) is 22.1 Å². The van der Waals surface area contributed by atoms with Gasteiger partial charge in [0.2, 0.25) is 0 Å². The fourth-order valence-electron chi connectivity index (χ4n) is 2.43.